The minimum Gasteiger partial charge on any atom is -0.385 e. The van der Waals surface area contributed by atoms with Crippen molar-refractivity contribution < 1.29 is 9.53 Å². The number of methoxy groups -OCH3 is 1. The van der Waals surface area contributed by atoms with E-state index >= 15 is 0 Å². The monoisotopic (exact) mass is 352 g/mol. The van der Waals surface area contributed by atoms with E-state index in [9.17, 15) is 4.79 Å². The van der Waals surface area contributed by atoms with Crippen LogP contribution in [0, 0.1) is 11.3 Å². The highest BCUT2D eigenvalue weighted by Gasteiger charge is 2.36. The molecule has 0 heterocycles. The van der Waals surface area contributed by atoms with E-state index in [0.717, 1.165) is 64.4 Å². The lowest BCUT2D eigenvalue weighted by molar-refractivity contribution is -0.127. The van der Waals surface area contributed by atoms with Gasteiger partial charge < -0.3 is 20.7 Å². The molecule has 2 fully saturated rings. The molecule has 0 bridgehead atoms. The van der Waals surface area contributed by atoms with Crippen LogP contribution in [0.2, 0.25) is 0 Å². The number of hydrogen-bond donors (Lipinski definition) is 3. The molecule has 144 valence electrons. The van der Waals surface area contributed by atoms with Gasteiger partial charge in [-0.15, -0.1) is 0 Å². The van der Waals surface area contributed by atoms with Crippen molar-refractivity contribution in [1.29, 1.82) is 0 Å². The highest BCUT2D eigenvalue weighted by molar-refractivity contribution is 5.80. The smallest absolute Gasteiger partial charge is 0.223 e. The quantitative estimate of drug-likeness (QED) is 0.302. The molecular weight excluding hydrogens is 316 g/mol. The number of guanidine groups is 1. The largest absolute Gasteiger partial charge is 0.385 e. The molecular formula is C19H36N4O2. The Bertz CT molecular complexity index is 431. The van der Waals surface area contributed by atoms with Crippen LogP contribution >= 0.6 is 0 Å². The molecule has 0 aromatic carbocycles. The van der Waals surface area contributed by atoms with Gasteiger partial charge in [-0.2, -0.15) is 0 Å². The first kappa shape index (κ1) is 20.0. The third-order valence-electron chi connectivity index (χ3n) is 5.59. The van der Waals surface area contributed by atoms with Crippen molar-refractivity contribution in [1.82, 2.24) is 16.0 Å². The van der Waals surface area contributed by atoms with E-state index in [2.05, 4.69) is 22.9 Å². The van der Waals surface area contributed by atoms with Gasteiger partial charge in [-0.3, -0.25) is 9.79 Å². The molecule has 0 spiro atoms. The number of ether oxygens (including phenoxy) is 1. The fourth-order valence-electron chi connectivity index (χ4n) is 3.39. The molecule has 0 radical (unpaired) electrons. The van der Waals surface area contributed by atoms with Crippen LogP contribution in [0.15, 0.2) is 4.99 Å². The second-order valence-corrected chi connectivity index (χ2v) is 7.49. The molecule has 2 rings (SSSR count). The second kappa shape index (κ2) is 10.6. The van der Waals surface area contributed by atoms with Crippen LogP contribution < -0.4 is 16.0 Å². The Balaban J connectivity index is 1.65. The topological polar surface area (TPSA) is 74.8 Å². The molecule has 3 N–H and O–H groups in total. The van der Waals surface area contributed by atoms with Gasteiger partial charge in [0.05, 0.1) is 0 Å². The molecule has 0 aromatic rings. The van der Waals surface area contributed by atoms with Crippen LogP contribution in [-0.4, -0.2) is 51.8 Å². The molecule has 0 saturated heterocycles. The van der Waals surface area contributed by atoms with Crippen LogP contribution in [0.4, 0.5) is 0 Å². The van der Waals surface area contributed by atoms with Gasteiger partial charge in [0.25, 0.3) is 0 Å². The number of rotatable bonds is 11. The zero-order valence-corrected chi connectivity index (χ0v) is 16.0. The van der Waals surface area contributed by atoms with Crippen molar-refractivity contribution in [3.63, 3.8) is 0 Å². The molecule has 2 aliphatic carbocycles. The van der Waals surface area contributed by atoms with Gasteiger partial charge in [-0.05, 0) is 50.9 Å². The normalized spacial score (nSPS) is 19.7. The maximum absolute atomic E-state index is 11.8. The standard InChI is InChI=1S/C19H36N4O2/c1-3-20-18(23-15-19(9-5-10-19)11-14-25-2)22-13-6-12-21-17(24)16-7-4-8-16/h16H,3-15H2,1-2H3,(H,21,24)(H2,20,22,23). The number of carbonyl (C=O) groups is 1. The summed E-state index contributed by atoms with van der Waals surface area (Å²) in [5.74, 6) is 1.39. The molecule has 0 aliphatic heterocycles. The third kappa shape index (κ3) is 6.49. The van der Waals surface area contributed by atoms with E-state index in [1.54, 1.807) is 7.11 Å². The van der Waals surface area contributed by atoms with Crippen molar-refractivity contribution in [3.8, 4) is 0 Å². The summed E-state index contributed by atoms with van der Waals surface area (Å²) in [4.78, 5) is 16.6. The lowest BCUT2D eigenvalue weighted by Gasteiger charge is -2.40. The Hall–Kier alpha value is -1.30. The van der Waals surface area contributed by atoms with Gasteiger partial charge in [0, 0.05) is 45.8 Å². The minimum atomic E-state index is 0.233. The first-order valence-corrected chi connectivity index (χ1v) is 9.98. The summed E-state index contributed by atoms with van der Waals surface area (Å²) in [7, 11) is 1.77. The average molecular weight is 353 g/mol. The lowest BCUT2D eigenvalue weighted by Crippen LogP contribution is -2.41. The molecule has 6 heteroatoms. The molecule has 0 aromatic heterocycles. The van der Waals surface area contributed by atoms with Gasteiger partial charge >= 0.3 is 0 Å². The summed E-state index contributed by atoms with van der Waals surface area (Å²) < 4.78 is 5.25. The van der Waals surface area contributed by atoms with Gasteiger partial charge in [0.1, 0.15) is 0 Å². The summed E-state index contributed by atoms with van der Waals surface area (Å²) >= 11 is 0. The highest BCUT2D eigenvalue weighted by Crippen LogP contribution is 2.44. The fourth-order valence-corrected chi connectivity index (χ4v) is 3.39. The van der Waals surface area contributed by atoms with E-state index in [1.807, 2.05) is 0 Å². The first-order valence-electron chi connectivity index (χ1n) is 9.98. The Morgan fingerprint density at radius 3 is 2.48 bits per heavy atom. The van der Waals surface area contributed by atoms with Crippen molar-refractivity contribution in [2.24, 2.45) is 16.3 Å². The predicted octanol–water partition coefficient (Wildman–Crippen LogP) is 2.05. The van der Waals surface area contributed by atoms with Gasteiger partial charge in [0.2, 0.25) is 5.91 Å². The van der Waals surface area contributed by atoms with Crippen LogP contribution in [0.25, 0.3) is 0 Å². The van der Waals surface area contributed by atoms with E-state index in [-0.39, 0.29) is 11.8 Å². The van der Waals surface area contributed by atoms with E-state index in [0.29, 0.717) is 5.41 Å². The number of hydrogen-bond acceptors (Lipinski definition) is 3. The molecule has 1 amide bonds. The number of carbonyl (C=O) groups excluding carboxylic acids is 1. The molecule has 6 nitrogen and oxygen atoms in total. The third-order valence-corrected chi connectivity index (χ3v) is 5.59. The summed E-state index contributed by atoms with van der Waals surface area (Å²) in [5, 5.41) is 9.74. The average Bonchev–Trinajstić information content (AvgIpc) is 2.51. The summed E-state index contributed by atoms with van der Waals surface area (Å²) in [6, 6.07) is 0. The summed E-state index contributed by atoms with van der Waals surface area (Å²) in [6.07, 6.45) is 9.16. The van der Waals surface area contributed by atoms with Gasteiger partial charge in [-0.25, -0.2) is 0 Å². The Morgan fingerprint density at radius 1 is 1.16 bits per heavy atom. The Labute approximate surface area is 152 Å². The predicted molar refractivity (Wildman–Crippen MR) is 102 cm³/mol. The zero-order valence-electron chi connectivity index (χ0n) is 16.0. The molecule has 0 unspecified atom stereocenters. The lowest BCUT2D eigenvalue weighted by atomic mass is 9.67. The number of aliphatic imine (C=N–C) groups is 1. The van der Waals surface area contributed by atoms with Crippen LogP contribution in [0.3, 0.4) is 0 Å². The zero-order chi connectivity index (χ0) is 18.0. The molecule has 25 heavy (non-hydrogen) atoms. The van der Waals surface area contributed by atoms with E-state index < -0.39 is 0 Å². The molecule has 2 aliphatic rings. The Morgan fingerprint density at radius 2 is 1.92 bits per heavy atom. The highest BCUT2D eigenvalue weighted by atomic mass is 16.5. The van der Waals surface area contributed by atoms with Crippen LogP contribution in [-0.2, 0) is 9.53 Å². The SMILES string of the molecule is CCNC(=NCC1(CCOC)CCC1)NCCCNC(=O)C1CCC1. The fraction of sp³-hybridized carbons (Fsp3) is 0.895. The van der Waals surface area contributed by atoms with E-state index in [1.165, 1.54) is 25.7 Å². The van der Waals surface area contributed by atoms with Crippen molar-refractivity contribution >= 4 is 11.9 Å². The second-order valence-electron chi connectivity index (χ2n) is 7.49. The van der Waals surface area contributed by atoms with Crippen LogP contribution in [0.5, 0.6) is 0 Å². The molecule has 0 atom stereocenters. The van der Waals surface area contributed by atoms with Crippen LogP contribution in [0.1, 0.15) is 58.3 Å². The molecule has 2 saturated carbocycles. The van der Waals surface area contributed by atoms with Gasteiger partial charge in [0.15, 0.2) is 5.96 Å². The van der Waals surface area contributed by atoms with E-state index in [4.69, 9.17) is 9.73 Å². The van der Waals surface area contributed by atoms with Crippen molar-refractivity contribution in [2.45, 2.75) is 58.3 Å². The number of nitrogens with one attached hydrogen (secondary N) is 3. The first-order chi connectivity index (χ1) is 12.2. The number of amides is 1. The van der Waals surface area contributed by atoms with Crippen molar-refractivity contribution in [3.05, 3.63) is 0 Å². The minimum absolute atomic E-state index is 0.233. The van der Waals surface area contributed by atoms with Gasteiger partial charge in [-0.1, -0.05) is 12.8 Å². The Kier molecular flexibility index (Phi) is 8.52. The maximum atomic E-state index is 11.8. The summed E-state index contributed by atoms with van der Waals surface area (Å²) in [6.45, 7) is 6.18. The maximum Gasteiger partial charge on any atom is 0.223 e. The summed E-state index contributed by atoms with van der Waals surface area (Å²) in [5.41, 5.74) is 0.342. The number of nitrogens with zero attached hydrogens (tertiary/aromatic N) is 1. The van der Waals surface area contributed by atoms with Crippen molar-refractivity contribution in [2.75, 3.05) is 39.9 Å².